The van der Waals surface area contributed by atoms with Crippen LogP contribution in [0.25, 0.3) is 5.57 Å². The molecule has 2 aromatic rings. The lowest BCUT2D eigenvalue weighted by atomic mass is 9.96. The lowest BCUT2D eigenvalue weighted by Crippen LogP contribution is -2.45. The van der Waals surface area contributed by atoms with Crippen molar-refractivity contribution in [1.29, 1.82) is 0 Å². The number of H-pyrrole nitrogens is 2. The van der Waals surface area contributed by atoms with Crippen LogP contribution in [0.15, 0.2) is 42.7 Å². The van der Waals surface area contributed by atoms with Crippen molar-refractivity contribution in [2.24, 2.45) is 11.7 Å². The number of ketones is 1. The molecule has 0 fully saturated rings. The zero-order chi connectivity index (χ0) is 22.5. The number of hydrogen-bond acceptors (Lipinski definition) is 4. The molecule has 2 rings (SSSR count). The Morgan fingerprint density at radius 1 is 1.13 bits per heavy atom. The molecule has 0 aliphatic carbocycles. The van der Waals surface area contributed by atoms with Crippen molar-refractivity contribution < 1.29 is 23.0 Å². The fourth-order valence-corrected chi connectivity index (χ4v) is 3.00. The normalized spacial score (nSPS) is 12.2. The molecule has 6 nitrogen and oxygen atoms in total. The SMILES string of the molecule is COC(N)(OC)/C(=C\C(C)C)c1c[nH][nH]cc(C(=O)c2c(F)cccc2F)c(C)c1. The minimum absolute atomic E-state index is 0.0819. The number of aryl methyl sites for hydroxylation is 1. The molecule has 8 heteroatoms. The van der Waals surface area contributed by atoms with E-state index in [1.165, 1.54) is 26.5 Å². The molecular weight excluding hydrogens is 392 g/mol. The number of methoxy groups -OCH3 is 2. The van der Waals surface area contributed by atoms with Gasteiger partial charge >= 0.3 is 0 Å². The van der Waals surface area contributed by atoms with E-state index < -0.39 is 28.9 Å². The Kier molecular flexibility index (Phi) is 7.66. The molecule has 0 saturated heterocycles. The standard InChI is InChI=1S/C22H27F2N3O3/c1-13(2)9-17(22(25,29-4)30-5)15-10-14(3)16(12-27-26-11-15)21(28)20-18(23)7-6-8-19(20)24/h6-13,26-27H,25H2,1-5H3/b14-10?,15-11?,16-12?,17-9-. The summed E-state index contributed by atoms with van der Waals surface area (Å²) in [5.74, 6) is -4.09. The number of rotatable bonds is 7. The van der Waals surface area contributed by atoms with Crippen molar-refractivity contribution in [2.45, 2.75) is 26.7 Å². The van der Waals surface area contributed by atoms with Gasteiger partial charge in [0.25, 0.3) is 5.91 Å². The Morgan fingerprint density at radius 2 is 1.70 bits per heavy atom. The van der Waals surface area contributed by atoms with Crippen LogP contribution in [0.5, 0.6) is 0 Å². The van der Waals surface area contributed by atoms with Crippen LogP contribution >= 0.6 is 0 Å². The third-order valence-electron chi connectivity index (χ3n) is 4.55. The van der Waals surface area contributed by atoms with Gasteiger partial charge in [-0.05, 0) is 36.6 Å². The number of allylic oxidation sites excluding steroid dienone is 1. The van der Waals surface area contributed by atoms with Crippen LogP contribution in [-0.4, -0.2) is 36.1 Å². The fourth-order valence-electron chi connectivity index (χ4n) is 3.00. The molecular formula is C22H27F2N3O3. The smallest absolute Gasteiger partial charge is 0.252 e. The van der Waals surface area contributed by atoms with E-state index in [-0.39, 0.29) is 11.5 Å². The van der Waals surface area contributed by atoms with Gasteiger partial charge < -0.3 is 19.7 Å². The van der Waals surface area contributed by atoms with Crippen molar-refractivity contribution in [3.63, 3.8) is 0 Å². The first kappa shape index (κ1) is 23.5. The third-order valence-corrected chi connectivity index (χ3v) is 4.55. The lowest BCUT2D eigenvalue weighted by Gasteiger charge is -2.29. The summed E-state index contributed by atoms with van der Waals surface area (Å²) in [5.41, 5.74) is 7.27. The van der Waals surface area contributed by atoms with Crippen LogP contribution in [0.1, 0.15) is 40.9 Å². The van der Waals surface area contributed by atoms with Gasteiger partial charge in [-0.25, -0.2) is 8.78 Å². The molecule has 1 aromatic carbocycles. The van der Waals surface area contributed by atoms with Crippen molar-refractivity contribution in [1.82, 2.24) is 10.2 Å². The summed E-state index contributed by atoms with van der Waals surface area (Å²) in [6.07, 6.45) is 4.84. The number of halogens is 2. The molecule has 1 aromatic heterocycles. The second-order valence-electron chi connectivity index (χ2n) is 7.10. The molecule has 4 N–H and O–H groups in total. The second kappa shape index (κ2) is 9.80. The van der Waals surface area contributed by atoms with Gasteiger partial charge in [-0.3, -0.25) is 10.5 Å². The molecule has 30 heavy (non-hydrogen) atoms. The van der Waals surface area contributed by atoms with Gasteiger partial charge in [-0.15, -0.1) is 0 Å². The molecule has 0 saturated carbocycles. The number of carbonyl (C=O) groups is 1. The number of carbonyl (C=O) groups excluding carboxylic acids is 1. The van der Waals surface area contributed by atoms with Gasteiger partial charge in [-0.2, -0.15) is 0 Å². The molecule has 0 radical (unpaired) electrons. The fraction of sp³-hybridized carbons (Fsp3) is 0.318. The van der Waals surface area contributed by atoms with Crippen molar-refractivity contribution >= 4 is 11.4 Å². The Morgan fingerprint density at radius 3 is 2.23 bits per heavy atom. The number of ether oxygens (including phenoxy) is 2. The maximum atomic E-state index is 14.1. The average molecular weight is 419 g/mol. The van der Waals surface area contributed by atoms with Crippen LogP contribution in [0.2, 0.25) is 0 Å². The summed E-state index contributed by atoms with van der Waals surface area (Å²) in [6.45, 7) is 5.59. The average Bonchev–Trinajstić information content (AvgIpc) is 2.68. The van der Waals surface area contributed by atoms with Crippen LogP contribution in [0.4, 0.5) is 8.78 Å². The third kappa shape index (κ3) is 5.02. The lowest BCUT2D eigenvalue weighted by molar-refractivity contribution is -0.156. The van der Waals surface area contributed by atoms with Gasteiger partial charge in [0.1, 0.15) is 11.6 Å². The molecule has 0 aliphatic rings. The summed E-state index contributed by atoms with van der Waals surface area (Å²) in [4.78, 5) is 12.9. The highest BCUT2D eigenvalue weighted by Crippen LogP contribution is 2.29. The van der Waals surface area contributed by atoms with Crippen LogP contribution in [0.3, 0.4) is 0 Å². The molecule has 0 spiro atoms. The number of nitrogens with two attached hydrogens (primary N) is 1. The van der Waals surface area contributed by atoms with E-state index in [2.05, 4.69) is 10.2 Å². The van der Waals surface area contributed by atoms with Crippen molar-refractivity contribution in [2.75, 3.05) is 14.2 Å². The van der Waals surface area contributed by atoms with E-state index in [1.54, 1.807) is 19.2 Å². The molecule has 1 heterocycles. The first-order valence-electron chi connectivity index (χ1n) is 9.35. The second-order valence-corrected chi connectivity index (χ2v) is 7.10. The number of nitrogens with one attached hydrogen (secondary N) is 2. The first-order valence-corrected chi connectivity index (χ1v) is 9.35. The minimum atomic E-state index is -1.54. The molecule has 162 valence electrons. The molecule has 0 atom stereocenters. The van der Waals surface area contributed by atoms with Crippen LogP contribution in [-0.2, 0) is 9.47 Å². The number of aromatic nitrogens is 2. The zero-order valence-electron chi connectivity index (χ0n) is 17.7. The van der Waals surface area contributed by atoms with Gasteiger partial charge in [0.2, 0.25) is 5.78 Å². The highest BCUT2D eigenvalue weighted by atomic mass is 19.1. The Bertz CT molecular complexity index is 967. The maximum absolute atomic E-state index is 14.1. The maximum Gasteiger partial charge on any atom is 0.252 e. The Hall–Kier alpha value is -2.81. The van der Waals surface area contributed by atoms with Crippen molar-refractivity contribution in [3.05, 3.63) is 76.6 Å². The van der Waals surface area contributed by atoms with Gasteiger partial charge in [0, 0.05) is 43.3 Å². The first-order chi connectivity index (χ1) is 14.1. The summed E-state index contributed by atoms with van der Waals surface area (Å²) >= 11 is 0. The van der Waals surface area contributed by atoms with E-state index in [4.69, 9.17) is 15.2 Å². The Balaban J connectivity index is 2.71. The molecule has 0 unspecified atom stereocenters. The van der Waals surface area contributed by atoms with E-state index in [9.17, 15) is 13.6 Å². The highest BCUT2D eigenvalue weighted by molar-refractivity contribution is 6.10. The molecule has 0 aliphatic heterocycles. The number of aromatic amines is 2. The van der Waals surface area contributed by atoms with E-state index in [0.29, 0.717) is 16.7 Å². The minimum Gasteiger partial charge on any atom is -0.337 e. The van der Waals surface area contributed by atoms with E-state index in [1.807, 2.05) is 19.9 Å². The molecule has 0 amide bonds. The summed E-state index contributed by atoms with van der Waals surface area (Å²) in [5, 5.41) is 5.56. The topological polar surface area (TPSA) is 93.1 Å². The zero-order valence-corrected chi connectivity index (χ0v) is 17.7. The predicted molar refractivity (Wildman–Crippen MR) is 111 cm³/mol. The quantitative estimate of drug-likeness (QED) is 0.463. The highest BCUT2D eigenvalue weighted by Gasteiger charge is 2.31. The molecule has 0 bridgehead atoms. The van der Waals surface area contributed by atoms with Gasteiger partial charge in [-0.1, -0.05) is 26.0 Å². The predicted octanol–water partition coefficient (Wildman–Crippen LogP) is 4.23. The summed E-state index contributed by atoms with van der Waals surface area (Å²) in [6, 6.07) is 4.96. The van der Waals surface area contributed by atoms with Gasteiger partial charge in [0.15, 0.2) is 0 Å². The summed E-state index contributed by atoms with van der Waals surface area (Å²) in [7, 11) is 2.83. The van der Waals surface area contributed by atoms with Crippen LogP contribution in [0, 0.1) is 24.5 Å². The van der Waals surface area contributed by atoms with E-state index in [0.717, 1.165) is 12.1 Å². The summed E-state index contributed by atoms with van der Waals surface area (Å²) < 4.78 is 39.0. The monoisotopic (exact) mass is 419 g/mol. The van der Waals surface area contributed by atoms with Gasteiger partial charge in [0.05, 0.1) is 5.56 Å². The number of benzene rings is 1. The Labute approximate surface area is 174 Å². The van der Waals surface area contributed by atoms with Crippen molar-refractivity contribution in [3.8, 4) is 0 Å². The number of hydrogen-bond donors (Lipinski definition) is 3. The van der Waals surface area contributed by atoms with Crippen LogP contribution < -0.4 is 5.73 Å². The largest absolute Gasteiger partial charge is 0.337 e. The van der Waals surface area contributed by atoms with E-state index >= 15 is 0 Å².